The Labute approximate surface area is 109 Å². The maximum Gasteiger partial charge on any atom is 0.0651 e. The van der Waals surface area contributed by atoms with E-state index in [1.54, 1.807) is 0 Å². The molecular weight excluding hydrogens is 222 g/mol. The highest BCUT2D eigenvalue weighted by molar-refractivity contribution is 5.38. The molecule has 1 N–H and O–H groups in total. The molecule has 0 aliphatic rings. The first kappa shape index (κ1) is 12.8. The molecule has 0 spiro atoms. The molecule has 0 atom stereocenters. The Balaban J connectivity index is 2.50. The van der Waals surface area contributed by atoms with Gasteiger partial charge in [0.1, 0.15) is 0 Å². The molecule has 0 amide bonds. The smallest absolute Gasteiger partial charge is 0.0651 e. The summed E-state index contributed by atoms with van der Waals surface area (Å²) in [7, 11) is 1.97. The lowest BCUT2D eigenvalue weighted by molar-refractivity contribution is 0.712. The molecule has 3 heteroatoms. The topological polar surface area (TPSA) is 29.9 Å². The first-order valence-electron chi connectivity index (χ1n) is 6.42. The third kappa shape index (κ3) is 2.46. The minimum Gasteiger partial charge on any atom is -0.316 e. The second-order valence-corrected chi connectivity index (χ2v) is 4.99. The highest BCUT2D eigenvalue weighted by atomic mass is 15.3. The number of hydrogen-bond donors (Lipinski definition) is 1. The second kappa shape index (κ2) is 5.36. The molecule has 0 aliphatic heterocycles. The fourth-order valence-corrected chi connectivity index (χ4v) is 2.30. The van der Waals surface area contributed by atoms with Gasteiger partial charge >= 0.3 is 0 Å². The zero-order valence-electron chi connectivity index (χ0n) is 11.6. The summed E-state index contributed by atoms with van der Waals surface area (Å²) in [6.07, 6.45) is 1.97. The Morgan fingerprint density at radius 3 is 2.72 bits per heavy atom. The van der Waals surface area contributed by atoms with E-state index < -0.39 is 0 Å². The number of nitrogens with zero attached hydrogens (tertiary/aromatic N) is 2. The number of rotatable bonds is 4. The molecule has 1 aromatic heterocycles. The molecule has 0 saturated carbocycles. The van der Waals surface area contributed by atoms with Gasteiger partial charge in [-0.3, -0.25) is 0 Å². The van der Waals surface area contributed by atoms with E-state index in [0.29, 0.717) is 5.92 Å². The Morgan fingerprint density at radius 2 is 2.11 bits per heavy atom. The molecule has 3 nitrogen and oxygen atoms in total. The van der Waals surface area contributed by atoms with Gasteiger partial charge in [-0.25, -0.2) is 4.68 Å². The molecule has 0 radical (unpaired) electrons. The lowest BCUT2D eigenvalue weighted by Crippen LogP contribution is -2.10. The van der Waals surface area contributed by atoms with Crippen LogP contribution in [0.5, 0.6) is 0 Å². The van der Waals surface area contributed by atoms with Crippen LogP contribution in [0.3, 0.4) is 0 Å². The molecule has 0 aliphatic carbocycles. The molecule has 0 fully saturated rings. The summed E-state index contributed by atoms with van der Waals surface area (Å²) >= 11 is 0. The summed E-state index contributed by atoms with van der Waals surface area (Å²) in [6, 6.07) is 8.46. The third-order valence-electron chi connectivity index (χ3n) is 3.05. The van der Waals surface area contributed by atoms with Crippen molar-refractivity contribution in [3.8, 4) is 5.69 Å². The van der Waals surface area contributed by atoms with Crippen molar-refractivity contribution < 1.29 is 0 Å². The highest BCUT2D eigenvalue weighted by Crippen LogP contribution is 2.23. The Kier molecular flexibility index (Phi) is 3.82. The Morgan fingerprint density at radius 1 is 1.33 bits per heavy atom. The van der Waals surface area contributed by atoms with E-state index in [0.717, 1.165) is 12.2 Å². The average Bonchev–Trinajstić information content (AvgIpc) is 2.73. The van der Waals surface area contributed by atoms with Crippen LogP contribution in [-0.4, -0.2) is 16.8 Å². The van der Waals surface area contributed by atoms with Crippen molar-refractivity contribution in [2.24, 2.45) is 0 Å². The third-order valence-corrected chi connectivity index (χ3v) is 3.05. The molecule has 1 aromatic carbocycles. The van der Waals surface area contributed by atoms with Crippen molar-refractivity contribution in [1.82, 2.24) is 15.1 Å². The quantitative estimate of drug-likeness (QED) is 0.894. The second-order valence-electron chi connectivity index (χ2n) is 4.99. The van der Waals surface area contributed by atoms with E-state index in [4.69, 9.17) is 0 Å². The van der Waals surface area contributed by atoms with E-state index >= 15 is 0 Å². The van der Waals surface area contributed by atoms with Gasteiger partial charge in [0.2, 0.25) is 0 Å². The van der Waals surface area contributed by atoms with E-state index in [9.17, 15) is 0 Å². The van der Waals surface area contributed by atoms with Crippen LogP contribution in [0.2, 0.25) is 0 Å². The number of hydrogen-bond acceptors (Lipinski definition) is 2. The van der Waals surface area contributed by atoms with Gasteiger partial charge < -0.3 is 5.32 Å². The number of aromatic nitrogens is 2. The lowest BCUT2D eigenvalue weighted by Gasteiger charge is -2.13. The van der Waals surface area contributed by atoms with Crippen LogP contribution in [0.4, 0.5) is 0 Å². The molecule has 96 valence electrons. The van der Waals surface area contributed by atoms with Crippen LogP contribution in [0.25, 0.3) is 5.69 Å². The molecule has 0 unspecified atom stereocenters. The van der Waals surface area contributed by atoms with E-state index in [2.05, 4.69) is 60.1 Å². The number of aryl methyl sites for hydroxylation is 1. The van der Waals surface area contributed by atoms with Gasteiger partial charge in [-0.1, -0.05) is 26.0 Å². The summed E-state index contributed by atoms with van der Waals surface area (Å²) in [5, 5.41) is 7.75. The van der Waals surface area contributed by atoms with Gasteiger partial charge in [0.15, 0.2) is 0 Å². The van der Waals surface area contributed by atoms with Crippen LogP contribution in [-0.2, 0) is 6.54 Å². The highest BCUT2D eigenvalue weighted by Gasteiger charge is 2.14. The fraction of sp³-hybridized carbons (Fsp3) is 0.400. The summed E-state index contributed by atoms with van der Waals surface area (Å²) in [4.78, 5) is 0. The first-order chi connectivity index (χ1) is 8.63. The van der Waals surface area contributed by atoms with E-state index in [-0.39, 0.29) is 0 Å². The fourth-order valence-electron chi connectivity index (χ4n) is 2.30. The molecule has 2 rings (SSSR count). The normalized spacial score (nSPS) is 11.2. The van der Waals surface area contributed by atoms with Crippen molar-refractivity contribution in [3.05, 3.63) is 47.3 Å². The molecule has 2 aromatic rings. The zero-order chi connectivity index (χ0) is 13.1. The summed E-state index contributed by atoms with van der Waals surface area (Å²) in [5.74, 6) is 0.455. The Bertz CT molecular complexity index is 526. The minimum atomic E-state index is 0.455. The molecule has 0 saturated heterocycles. The summed E-state index contributed by atoms with van der Waals surface area (Å²) in [5.41, 5.74) is 4.96. The van der Waals surface area contributed by atoms with Crippen molar-refractivity contribution in [2.75, 3.05) is 7.05 Å². The molecule has 1 heterocycles. The van der Waals surface area contributed by atoms with E-state index in [1.165, 1.54) is 16.8 Å². The zero-order valence-corrected chi connectivity index (χ0v) is 11.6. The van der Waals surface area contributed by atoms with Crippen LogP contribution >= 0.6 is 0 Å². The van der Waals surface area contributed by atoms with Gasteiger partial charge in [0.05, 0.1) is 17.6 Å². The van der Waals surface area contributed by atoms with Gasteiger partial charge in [0, 0.05) is 12.1 Å². The lowest BCUT2D eigenvalue weighted by atomic mass is 10.1. The predicted octanol–water partition coefficient (Wildman–Crippen LogP) is 3.02. The van der Waals surface area contributed by atoms with Crippen LogP contribution < -0.4 is 5.32 Å². The van der Waals surface area contributed by atoms with Crippen molar-refractivity contribution in [1.29, 1.82) is 0 Å². The molecular formula is C15H21N3. The largest absolute Gasteiger partial charge is 0.316 e. The van der Waals surface area contributed by atoms with Crippen LogP contribution in [0.15, 0.2) is 30.5 Å². The van der Waals surface area contributed by atoms with Crippen molar-refractivity contribution >= 4 is 0 Å². The van der Waals surface area contributed by atoms with Crippen LogP contribution in [0.1, 0.15) is 36.6 Å². The maximum atomic E-state index is 4.54. The first-order valence-corrected chi connectivity index (χ1v) is 6.42. The van der Waals surface area contributed by atoms with Crippen LogP contribution in [0, 0.1) is 6.92 Å². The number of benzene rings is 1. The van der Waals surface area contributed by atoms with Crippen molar-refractivity contribution in [2.45, 2.75) is 33.2 Å². The van der Waals surface area contributed by atoms with Gasteiger partial charge in [-0.05, 0) is 37.6 Å². The summed E-state index contributed by atoms with van der Waals surface area (Å²) < 4.78 is 2.06. The molecule has 18 heavy (non-hydrogen) atoms. The Hall–Kier alpha value is -1.61. The SMILES string of the molecule is CNCc1cnn(-c2cccc(C)c2)c1C(C)C. The maximum absolute atomic E-state index is 4.54. The summed E-state index contributed by atoms with van der Waals surface area (Å²) in [6.45, 7) is 7.39. The average molecular weight is 243 g/mol. The minimum absolute atomic E-state index is 0.455. The standard InChI is InChI=1S/C15H21N3/c1-11(2)15-13(9-16-4)10-17-18(15)14-7-5-6-12(3)8-14/h5-8,10-11,16H,9H2,1-4H3. The number of nitrogens with one attached hydrogen (secondary N) is 1. The van der Waals surface area contributed by atoms with Gasteiger partial charge in [-0.2, -0.15) is 5.10 Å². The molecule has 0 bridgehead atoms. The van der Waals surface area contributed by atoms with E-state index in [1.807, 2.05) is 13.2 Å². The van der Waals surface area contributed by atoms with Gasteiger partial charge in [-0.15, -0.1) is 0 Å². The predicted molar refractivity (Wildman–Crippen MR) is 75.2 cm³/mol. The van der Waals surface area contributed by atoms with Gasteiger partial charge in [0.25, 0.3) is 0 Å². The van der Waals surface area contributed by atoms with Crippen molar-refractivity contribution in [3.63, 3.8) is 0 Å². The monoisotopic (exact) mass is 243 g/mol.